The number of nitrogens with zero attached hydrogens (tertiary/aromatic N) is 2. The van der Waals surface area contributed by atoms with Crippen LogP contribution in [-0.4, -0.2) is 15.8 Å². The number of nitrogens with one attached hydrogen (secondary N) is 1. The van der Waals surface area contributed by atoms with Crippen LogP contribution in [0, 0.1) is 5.41 Å². The maximum atomic E-state index is 7.27. The van der Waals surface area contributed by atoms with Gasteiger partial charge in [-0.2, -0.15) is 0 Å². The first-order valence-corrected chi connectivity index (χ1v) is 4.71. The summed E-state index contributed by atoms with van der Waals surface area (Å²) in [5, 5.41) is 7.27. The molecule has 88 valence electrons. The lowest BCUT2D eigenvalue weighted by Crippen LogP contribution is -2.15. The van der Waals surface area contributed by atoms with Crippen molar-refractivity contribution in [2.75, 3.05) is 5.73 Å². The van der Waals surface area contributed by atoms with Crippen molar-refractivity contribution in [3.63, 3.8) is 0 Å². The minimum atomic E-state index is -0.128. The fourth-order valence-electron chi connectivity index (χ4n) is 1.33. The zero-order valence-electron chi connectivity index (χ0n) is 8.92. The van der Waals surface area contributed by atoms with Crippen LogP contribution in [0.15, 0.2) is 36.5 Å². The maximum Gasteiger partial charge on any atom is 0.161 e. The Kier molecular flexibility index (Phi) is 4.01. The van der Waals surface area contributed by atoms with Gasteiger partial charge in [-0.05, 0) is 0 Å². The lowest BCUT2D eigenvalue weighted by atomic mass is 10.2. The Labute approximate surface area is 105 Å². The molecule has 17 heavy (non-hydrogen) atoms. The summed E-state index contributed by atoms with van der Waals surface area (Å²) in [6.07, 6.45) is 1.47. The maximum absolute atomic E-state index is 7.27. The fraction of sp³-hybridized carbons (Fsp3) is 0. The van der Waals surface area contributed by atoms with E-state index < -0.39 is 0 Å². The number of hydrogen-bond donors (Lipinski definition) is 3. The highest BCUT2D eigenvalue weighted by atomic mass is 35.5. The molecular weight excluding hydrogens is 238 g/mol. The molecule has 0 saturated carbocycles. The molecule has 6 heteroatoms. The van der Waals surface area contributed by atoms with Gasteiger partial charge in [0.15, 0.2) is 5.82 Å². The Hall–Kier alpha value is -2.14. The predicted molar refractivity (Wildman–Crippen MR) is 70.1 cm³/mol. The third-order valence-corrected chi connectivity index (χ3v) is 2.14. The Morgan fingerprint density at radius 1 is 1.18 bits per heavy atom. The molecule has 0 radical (unpaired) electrons. The van der Waals surface area contributed by atoms with E-state index in [-0.39, 0.29) is 24.1 Å². The lowest BCUT2D eigenvalue weighted by Gasteiger charge is -2.04. The number of nitrogens with two attached hydrogens (primary N) is 2. The summed E-state index contributed by atoms with van der Waals surface area (Å²) < 4.78 is 0. The predicted octanol–water partition coefficient (Wildman–Crippen LogP) is 1.43. The van der Waals surface area contributed by atoms with E-state index in [9.17, 15) is 0 Å². The number of nitrogen functional groups attached to an aromatic ring is 2. The summed E-state index contributed by atoms with van der Waals surface area (Å²) in [4.78, 5) is 8.23. The van der Waals surface area contributed by atoms with Gasteiger partial charge in [-0.3, -0.25) is 5.41 Å². The van der Waals surface area contributed by atoms with Crippen molar-refractivity contribution in [1.29, 1.82) is 5.41 Å². The third kappa shape index (κ3) is 2.70. The van der Waals surface area contributed by atoms with Gasteiger partial charge in [0.1, 0.15) is 11.7 Å². The van der Waals surface area contributed by atoms with E-state index in [1.807, 2.05) is 30.3 Å². The molecule has 0 aliphatic heterocycles. The Morgan fingerprint density at radius 2 is 1.82 bits per heavy atom. The van der Waals surface area contributed by atoms with Gasteiger partial charge in [-0.15, -0.1) is 12.4 Å². The van der Waals surface area contributed by atoms with Crippen LogP contribution in [-0.2, 0) is 0 Å². The summed E-state index contributed by atoms with van der Waals surface area (Å²) in [6.45, 7) is 0. The van der Waals surface area contributed by atoms with Crippen molar-refractivity contribution in [2.24, 2.45) is 5.73 Å². The normalized spacial score (nSPS) is 9.41. The van der Waals surface area contributed by atoms with Gasteiger partial charge in [0.25, 0.3) is 0 Å². The summed E-state index contributed by atoms with van der Waals surface area (Å²) >= 11 is 0. The molecule has 0 spiro atoms. The minimum Gasteiger partial charge on any atom is -0.384 e. The molecule has 1 aromatic carbocycles. The van der Waals surface area contributed by atoms with Gasteiger partial charge in [0.05, 0.1) is 5.56 Å². The fourth-order valence-corrected chi connectivity index (χ4v) is 1.33. The monoisotopic (exact) mass is 249 g/mol. The molecule has 2 rings (SSSR count). The third-order valence-electron chi connectivity index (χ3n) is 2.14. The van der Waals surface area contributed by atoms with Crippen molar-refractivity contribution in [3.05, 3.63) is 42.1 Å². The Balaban J connectivity index is 0.00000144. The standard InChI is InChI=1S/C11H11N5.ClH/c12-9(13)8-6-15-11(16-10(8)14)7-4-2-1-3-5-7;/h1-6H,(H3,12,13)(H2,14,15,16);1H. The number of amidine groups is 1. The van der Waals surface area contributed by atoms with E-state index in [4.69, 9.17) is 16.9 Å². The second-order valence-electron chi connectivity index (χ2n) is 3.27. The first-order valence-electron chi connectivity index (χ1n) is 4.71. The van der Waals surface area contributed by atoms with Crippen LogP contribution in [0.25, 0.3) is 11.4 Å². The van der Waals surface area contributed by atoms with Crippen LogP contribution < -0.4 is 11.5 Å². The van der Waals surface area contributed by atoms with Crippen LogP contribution in [0.5, 0.6) is 0 Å². The van der Waals surface area contributed by atoms with Gasteiger partial charge in [0.2, 0.25) is 0 Å². The highest BCUT2D eigenvalue weighted by Crippen LogP contribution is 2.16. The number of rotatable bonds is 2. The van der Waals surface area contributed by atoms with Crippen LogP contribution in [0.1, 0.15) is 5.56 Å². The average molecular weight is 250 g/mol. The van der Waals surface area contributed by atoms with Crippen molar-refractivity contribution in [2.45, 2.75) is 0 Å². The average Bonchev–Trinajstić information content (AvgIpc) is 2.29. The lowest BCUT2D eigenvalue weighted by molar-refractivity contribution is 1.17. The topological polar surface area (TPSA) is 102 Å². The van der Waals surface area contributed by atoms with Gasteiger partial charge in [-0.25, -0.2) is 9.97 Å². The number of benzene rings is 1. The second-order valence-corrected chi connectivity index (χ2v) is 3.27. The van der Waals surface area contributed by atoms with E-state index in [0.29, 0.717) is 11.4 Å². The highest BCUT2D eigenvalue weighted by Gasteiger charge is 2.07. The molecule has 1 aromatic heterocycles. The van der Waals surface area contributed by atoms with E-state index in [1.54, 1.807) is 0 Å². The Morgan fingerprint density at radius 3 is 2.35 bits per heavy atom. The van der Waals surface area contributed by atoms with Crippen LogP contribution in [0.2, 0.25) is 0 Å². The summed E-state index contributed by atoms with van der Waals surface area (Å²) in [5.74, 6) is 0.626. The van der Waals surface area contributed by atoms with Gasteiger partial charge in [-0.1, -0.05) is 30.3 Å². The van der Waals surface area contributed by atoms with Gasteiger partial charge >= 0.3 is 0 Å². The molecule has 0 amide bonds. The number of hydrogen-bond acceptors (Lipinski definition) is 4. The second kappa shape index (κ2) is 5.27. The van der Waals surface area contributed by atoms with Crippen molar-refractivity contribution in [3.8, 4) is 11.4 Å². The zero-order valence-corrected chi connectivity index (χ0v) is 9.74. The molecule has 5 N–H and O–H groups in total. The SMILES string of the molecule is Cl.N=C(N)c1cnc(-c2ccccc2)nc1N. The van der Waals surface area contributed by atoms with Crippen molar-refractivity contribution >= 4 is 24.1 Å². The molecule has 0 aliphatic carbocycles. The number of halogens is 1. The minimum absolute atomic E-state index is 0. The molecule has 0 bridgehead atoms. The largest absolute Gasteiger partial charge is 0.384 e. The molecule has 0 aliphatic rings. The van der Waals surface area contributed by atoms with E-state index in [0.717, 1.165) is 5.56 Å². The van der Waals surface area contributed by atoms with Crippen LogP contribution in [0.4, 0.5) is 5.82 Å². The van der Waals surface area contributed by atoms with Crippen LogP contribution >= 0.6 is 12.4 Å². The van der Waals surface area contributed by atoms with E-state index >= 15 is 0 Å². The quantitative estimate of drug-likeness (QED) is 0.553. The highest BCUT2D eigenvalue weighted by molar-refractivity contribution is 5.98. The van der Waals surface area contributed by atoms with Gasteiger partial charge in [0, 0.05) is 11.8 Å². The number of anilines is 1. The first kappa shape index (κ1) is 12.9. The van der Waals surface area contributed by atoms with Crippen LogP contribution in [0.3, 0.4) is 0 Å². The van der Waals surface area contributed by atoms with Gasteiger partial charge < -0.3 is 11.5 Å². The van der Waals surface area contributed by atoms with Crippen molar-refractivity contribution < 1.29 is 0 Å². The summed E-state index contributed by atoms with van der Waals surface area (Å²) in [6, 6.07) is 9.49. The van der Waals surface area contributed by atoms with E-state index in [2.05, 4.69) is 9.97 Å². The molecule has 0 fully saturated rings. The summed E-state index contributed by atoms with van der Waals surface area (Å²) in [5.41, 5.74) is 12.3. The van der Waals surface area contributed by atoms with E-state index in [1.165, 1.54) is 6.20 Å². The molecule has 5 nitrogen and oxygen atoms in total. The molecule has 2 aromatic rings. The number of aromatic nitrogens is 2. The zero-order chi connectivity index (χ0) is 11.5. The summed E-state index contributed by atoms with van der Waals surface area (Å²) in [7, 11) is 0. The smallest absolute Gasteiger partial charge is 0.161 e. The molecule has 0 unspecified atom stereocenters. The Bertz CT molecular complexity index is 527. The molecule has 1 heterocycles. The first-order chi connectivity index (χ1) is 7.68. The molecule has 0 atom stereocenters. The molecule has 0 saturated heterocycles. The molecular formula is C11H12ClN5. The van der Waals surface area contributed by atoms with Crippen molar-refractivity contribution in [1.82, 2.24) is 9.97 Å².